The van der Waals surface area contributed by atoms with Crippen molar-refractivity contribution in [3.8, 4) is 11.5 Å². The maximum Gasteiger partial charge on any atom is 0.335 e. The lowest BCUT2D eigenvalue weighted by atomic mass is 10.3. The number of rotatable bonds is 6. The first-order chi connectivity index (χ1) is 11.1. The third-order valence-electron chi connectivity index (χ3n) is 2.53. The molecule has 0 N–H and O–H groups in total. The van der Waals surface area contributed by atoms with Crippen molar-refractivity contribution in [1.82, 2.24) is 0 Å². The van der Waals surface area contributed by atoms with Crippen LogP contribution in [0.4, 0.5) is 0 Å². The molecule has 6 heteroatoms. The minimum Gasteiger partial charge on any atom is -0.427 e. The van der Waals surface area contributed by atoms with Crippen LogP contribution in [0.2, 0.25) is 0 Å². The number of hydrogen-bond donors (Lipinski definition) is 0. The van der Waals surface area contributed by atoms with Gasteiger partial charge in [0.1, 0.15) is 11.5 Å². The van der Waals surface area contributed by atoms with Crippen LogP contribution >= 0.6 is 21.6 Å². The van der Waals surface area contributed by atoms with Crippen molar-refractivity contribution < 1.29 is 19.1 Å². The van der Waals surface area contributed by atoms with Crippen molar-refractivity contribution in [2.75, 3.05) is 0 Å². The van der Waals surface area contributed by atoms with Crippen LogP contribution in [0.15, 0.2) is 71.0 Å². The predicted molar refractivity (Wildman–Crippen MR) is 91.7 cm³/mol. The molecule has 2 aromatic carbocycles. The van der Waals surface area contributed by atoms with E-state index in [0.29, 0.717) is 11.5 Å². The van der Waals surface area contributed by atoms with E-state index in [2.05, 4.69) is 6.58 Å². The summed E-state index contributed by atoms with van der Waals surface area (Å²) in [5.41, 5.74) is 0. The largest absolute Gasteiger partial charge is 0.427 e. The van der Waals surface area contributed by atoms with Crippen LogP contribution in [0.3, 0.4) is 0 Å². The molecule has 0 amide bonds. The molecule has 0 spiro atoms. The van der Waals surface area contributed by atoms with Crippen LogP contribution in [-0.4, -0.2) is 11.9 Å². The molecule has 0 heterocycles. The van der Waals surface area contributed by atoms with E-state index in [0.717, 1.165) is 15.9 Å². The molecule has 2 rings (SSSR count). The number of hydrogen-bond acceptors (Lipinski definition) is 6. The van der Waals surface area contributed by atoms with Crippen LogP contribution < -0.4 is 9.47 Å². The van der Waals surface area contributed by atoms with Gasteiger partial charge in [0.15, 0.2) is 0 Å². The fourth-order valence-corrected chi connectivity index (χ4v) is 3.48. The summed E-state index contributed by atoms with van der Waals surface area (Å²) in [7, 11) is 3.15. The number of carbonyl (C=O) groups is 2. The normalized spacial score (nSPS) is 9.96. The summed E-state index contributed by atoms with van der Waals surface area (Å²) in [4.78, 5) is 24.0. The highest BCUT2D eigenvalue weighted by Gasteiger charge is 2.03. The Balaban J connectivity index is 1.89. The van der Waals surface area contributed by atoms with E-state index in [1.165, 1.54) is 6.92 Å². The second-order valence-corrected chi connectivity index (χ2v) is 6.60. The van der Waals surface area contributed by atoms with Crippen molar-refractivity contribution in [3.05, 3.63) is 61.2 Å². The zero-order valence-corrected chi connectivity index (χ0v) is 14.0. The Morgan fingerprint density at radius 2 is 1.30 bits per heavy atom. The lowest BCUT2D eigenvalue weighted by Crippen LogP contribution is -2.02. The molecule has 23 heavy (non-hydrogen) atoms. The molecule has 0 aromatic heterocycles. The summed E-state index contributed by atoms with van der Waals surface area (Å²) in [6, 6.07) is 14.5. The molecule has 0 bridgehead atoms. The number of ether oxygens (including phenoxy) is 2. The molecule has 0 atom stereocenters. The molecule has 0 aliphatic heterocycles. The summed E-state index contributed by atoms with van der Waals surface area (Å²) in [6.45, 7) is 4.72. The van der Waals surface area contributed by atoms with Gasteiger partial charge in [-0.15, -0.1) is 0 Å². The van der Waals surface area contributed by atoms with Crippen LogP contribution in [-0.2, 0) is 9.59 Å². The minimum atomic E-state index is -0.479. The highest BCUT2D eigenvalue weighted by Crippen LogP contribution is 2.38. The van der Waals surface area contributed by atoms with E-state index in [1.807, 2.05) is 24.3 Å². The average Bonchev–Trinajstić information content (AvgIpc) is 2.55. The van der Waals surface area contributed by atoms with Crippen molar-refractivity contribution in [2.45, 2.75) is 16.7 Å². The Kier molecular flexibility index (Phi) is 6.31. The summed E-state index contributed by atoms with van der Waals surface area (Å²) in [5, 5.41) is 0. The highest BCUT2D eigenvalue weighted by molar-refractivity contribution is 8.76. The lowest BCUT2D eigenvalue weighted by molar-refractivity contribution is -0.132. The van der Waals surface area contributed by atoms with E-state index in [1.54, 1.807) is 45.9 Å². The van der Waals surface area contributed by atoms with Crippen LogP contribution in [0.1, 0.15) is 6.92 Å². The van der Waals surface area contributed by atoms with Gasteiger partial charge in [0.05, 0.1) is 0 Å². The molecule has 0 saturated heterocycles. The SMILES string of the molecule is C=CC(=O)Oc1ccc(SSc2ccc(OC(C)=O)cc2)cc1. The Morgan fingerprint density at radius 3 is 1.70 bits per heavy atom. The van der Waals surface area contributed by atoms with Gasteiger partial charge in [-0.25, -0.2) is 4.79 Å². The molecule has 0 aliphatic carbocycles. The van der Waals surface area contributed by atoms with Crippen molar-refractivity contribution in [3.63, 3.8) is 0 Å². The summed E-state index contributed by atoms with van der Waals surface area (Å²) < 4.78 is 9.99. The van der Waals surface area contributed by atoms with E-state index in [9.17, 15) is 9.59 Å². The van der Waals surface area contributed by atoms with E-state index >= 15 is 0 Å². The first kappa shape index (κ1) is 17.2. The molecule has 2 aromatic rings. The second kappa shape index (κ2) is 8.45. The first-order valence-corrected chi connectivity index (χ1v) is 8.79. The monoisotopic (exact) mass is 346 g/mol. The molecule has 118 valence electrons. The topological polar surface area (TPSA) is 52.6 Å². The van der Waals surface area contributed by atoms with Gasteiger partial charge < -0.3 is 9.47 Å². The van der Waals surface area contributed by atoms with Gasteiger partial charge >= 0.3 is 11.9 Å². The van der Waals surface area contributed by atoms with Gasteiger partial charge in [-0.05, 0) is 48.5 Å². The highest BCUT2D eigenvalue weighted by atomic mass is 33.1. The quantitative estimate of drug-likeness (QED) is 0.332. The van der Waals surface area contributed by atoms with E-state index < -0.39 is 5.97 Å². The maximum absolute atomic E-state index is 11.1. The Bertz CT molecular complexity index is 694. The third kappa shape index (κ3) is 5.84. The summed E-state index contributed by atoms with van der Waals surface area (Å²) in [5.74, 6) is 0.194. The minimum absolute atomic E-state index is 0.336. The fourth-order valence-electron chi connectivity index (χ4n) is 1.55. The summed E-state index contributed by atoms with van der Waals surface area (Å²) >= 11 is 0. The van der Waals surface area contributed by atoms with Crippen LogP contribution in [0.25, 0.3) is 0 Å². The Hall–Kier alpha value is -2.18. The van der Waals surface area contributed by atoms with E-state index in [-0.39, 0.29) is 5.97 Å². The van der Waals surface area contributed by atoms with E-state index in [4.69, 9.17) is 9.47 Å². The standard InChI is InChI=1S/C17H14O4S2/c1-3-17(19)21-14-6-10-16(11-7-14)23-22-15-8-4-13(5-9-15)20-12(2)18/h3-11H,1H2,2H3. The zero-order chi connectivity index (χ0) is 16.7. The summed E-state index contributed by atoms with van der Waals surface area (Å²) in [6.07, 6.45) is 1.12. The molecule has 4 nitrogen and oxygen atoms in total. The Labute approximate surface area is 142 Å². The van der Waals surface area contributed by atoms with Gasteiger partial charge in [-0.3, -0.25) is 4.79 Å². The maximum atomic E-state index is 11.1. The van der Waals surface area contributed by atoms with Crippen molar-refractivity contribution >= 4 is 33.5 Å². The number of esters is 2. The van der Waals surface area contributed by atoms with Crippen molar-refractivity contribution in [1.29, 1.82) is 0 Å². The molecule has 0 saturated carbocycles. The number of benzene rings is 2. The lowest BCUT2D eigenvalue weighted by Gasteiger charge is -2.05. The molecular formula is C17H14O4S2. The smallest absolute Gasteiger partial charge is 0.335 e. The van der Waals surface area contributed by atoms with Gasteiger partial charge in [0.2, 0.25) is 0 Å². The molecule has 0 unspecified atom stereocenters. The average molecular weight is 346 g/mol. The predicted octanol–water partition coefficient (Wildman–Crippen LogP) is 4.50. The first-order valence-electron chi connectivity index (χ1n) is 6.64. The van der Waals surface area contributed by atoms with Crippen LogP contribution in [0, 0.1) is 0 Å². The Morgan fingerprint density at radius 1 is 0.870 bits per heavy atom. The molecule has 0 fully saturated rings. The van der Waals surface area contributed by atoms with Gasteiger partial charge in [0.25, 0.3) is 0 Å². The second-order valence-electron chi connectivity index (χ2n) is 4.33. The third-order valence-corrected chi connectivity index (χ3v) is 4.95. The molecule has 0 radical (unpaired) electrons. The number of carbonyl (C=O) groups excluding carboxylic acids is 2. The van der Waals surface area contributed by atoms with Gasteiger partial charge in [0, 0.05) is 22.8 Å². The van der Waals surface area contributed by atoms with Gasteiger partial charge in [-0.2, -0.15) is 0 Å². The molecular weight excluding hydrogens is 332 g/mol. The zero-order valence-electron chi connectivity index (χ0n) is 12.4. The fraction of sp³-hybridized carbons (Fsp3) is 0.0588. The van der Waals surface area contributed by atoms with Crippen LogP contribution in [0.5, 0.6) is 11.5 Å². The van der Waals surface area contributed by atoms with Gasteiger partial charge in [-0.1, -0.05) is 28.2 Å². The van der Waals surface area contributed by atoms with Crippen molar-refractivity contribution in [2.24, 2.45) is 0 Å². The molecule has 0 aliphatic rings.